The molecule has 0 radical (unpaired) electrons. The molecule has 0 saturated heterocycles. The maximum Gasteiger partial charge on any atom is 0.386 e. The van der Waals surface area contributed by atoms with Crippen molar-refractivity contribution >= 4 is 13.3 Å². The van der Waals surface area contributed by atoms with Gasteiger partial charge in [0.15, 0.2) is 0 Å². The van der Waals surface area contributed by atoms with Gasteiger partial charge in [0.2, 0.25) is 0 Å². The molecule has 128 valence electrons. The zero-order chi connectivity index (χ0) is 17.6. The minimum absolute atomic E-state index is 0.0521. The summed E-state index contributed by atoms with van der Waals surface area (Å²) in [5, 5.41) is 10.7. The fourth-order valence-electron chi connectivity index (χ4n) is 2.45. The molecule has 0 heterocycles. The molecule has 0 aliphatic carbocycles. The molecule has 0 fully saturated rings. The van der Waals surface area contributed by atoms with Gasteiger partial charge in [0, 0.05) is 12.1 Å². The molecule has 0 aliphatic heterocycles. The lowest BCUT2D eigenvalue weighted by Gasteiger charge is -2.26. The Hall–Kier alpha value is -2.17. The first-order valence-corrected chi connectivity index (χ1v) is 9.34. The molecule has 0 N–H and O–H groups in total. The predicted octanol–water partition coefficient (Wildman–Crippen LogP) is 5.35. The standard InChI is InChI=1S/C17H20NO5P/c1-3-17(14-8-6-5-7-9-14)24(21,22-4-2)23-16-12-10-15(11-13-16)18(19)20/h5-13,17H,3-4H2,1-2H3. The maximum atomic E-state index is 13.4. The molecule has 0 amide bonds. The summed E-state index contributed by atoms with van der Waals surface area (Å²) in [6.07, 6.45) is 0.578. The number of nitro groups is 1. The van der Waals surface area contributed by atoms with Gasteiger partial charge in [-0.15, -0.1) is 0 Å². The fourth-order valence-corrected chi connectivity index (χ4v) is 4.57. The van der Waals surface area contributed by atoms with Gasteiger partial charge in [-0.3, -0.25) is 14.6 Å². The van der Waals surface area contributed by atoms with Crippen LogP contribution in [0.3, 0.4) is 0 Å². The summed E-state index contributed by atoms with van der Waals surface area (Å²) in [7, 11) is -3.48. The lowest BCUT2D eigenvalue weighted by atomic mass is 10.1. The molecule has 0 bridgehead atoms. The van der Waals surface area contributed by atoms with Gasteiger partial charge in [0.1, 0.15) is 5.75 Å². The van der Waals surface area contributed by atoms with E-state index in [0.717, 1.165) is 5.56 Å². The first kappa shape index (κ1) is 18.2. The summed E-state index contributed by atoms with van der Waals surface area (Å²) in [6, 6.07) is 14.9. The van der Waals surface area contributed by atoms with Crippen LogP contribution in [0.25, 0.3) is 0 Å². The molecule has 2 rings (SSSR count). The first-order valence-electron chi connectivity index (χ1n) is 7.73. The Balaban J connectivity index is 2.32. The van der Waals surface area contributed by atoms with Crippen LogP contribution in [0.2, 0.25) is 0 Å². The topological polar surface area (TPSA) is 78.7 Å². The van der Waals surface area contributed by atoms with Crippen molar-refractivity contribution in [3.05, 3.63) is 70.3 Å². The van der Waals surface area contributed by atoms with E-state index in [1.165, 1.54) is 24.3 Å². The largest absolute Gasteiger partial charge is 0.424 e. The quantitative estimate of drug-likeness (QED) is 0.364. The van der Waals surface area contributed by atoms with Gasteiger partial charge in [0.25, 0.3) is 5.69 Å². The zero-order valence-corrected chi connectivity index (χ0v) is 14.5. The van der Waals surface area contributed by atoms with Gasteiger partial charge in [-0.05, 0) is 31.0 Å². The summed E-state index contributed by atoms with van der Waals surface area (Å²) in [5.41, 5.74) is 0.413. The molecule has 2 aromatic rings. The summed E-state index contributed by atoms with van der Waals surface area (Å²) in [6.45, 7) is 3.92. The number of hydrogen-bond acceptors (Lipinski definition) is 5. The van der Waals surface area contributed by atoms with E-state index < -0.39 is 18.2 Å². The molecule has 0 aliphatic rings. The average molecular weight is 349 g/mol. The van der Waals surface area contributed by atoms with Crippen molar-refractivity contribution in [3.8, 4) is 5.75 Å². The van der Waals surface area contributed by atoms with E-state index in [1.54, 1.807) is 6.92 Å². The van der Waals surface area contributed by atoms with Crippen molar-refractivity contribution in [2.24, 2.45) is 0 Å². The van der Waals surface area contributed by atoms with Gasteiger partial charge in [-0.1, -0.05) is 37.3 Å². The Morgan fingerprint density at radius 2 is 1.71 bits per heavy atom. The van der Waals surface area contributed by atoms with Crippen LogP contribution in [-0.4, -0.2) is 11.5 Å². The third kappa shape index (κ3) is 4.22. The molecular weight excluding hydrogens is 329 g/mol. The molecular formula is C17H20NO5P. The normalized spacial score (nSPS) is 14.6. The van der Waals surface area contributed by atoms with E-state index in [1.807, 2.05) is 37.3 Å². The van der Waals surface area contributed by atoms with Crippen LogP contribution >= 0.6 is 7.60 Å². The van der Waals surface area contributed by atoms with Gasteiger partial charge in [-0.25, -0.2) is 4.57 Å². The molecule has 0 aromatic heterocycles. The number of rotatable bonds is 8. The second-order valence-corrected chi connectivity index (χ2v) is 7.28. The highest BCUT2D eigenvalue weighted by molar-refractivity contribution is 7.54. The van der Waals surface area contributed by atoms with E-state index in [-0.39, 0.29) is 18.0 Å². The summed E-state index contributed by atoms with van der Waals surface area (Å²) in [4.78, 5) is 10.2. The third-order valence-electron chi connectivity index (χ3n) is 3.54. The molecule has 6 nitrogen and oxygen atoms in total. The predicted molar refractivity (Wildman–Crippen MR) is 92.4 cm³/mol. The highest BCUT2D eigenvalue weighted by Gasteiger charge is 2.37. The highest BCUT2D eigenvalue weighted by atomic mass is 31.2. The molecule has 0 saturated carbocycles. The fraction of sp³-hybridized carbons (Fsp3) is 0.294. The van der Waals surface area contributed by atoms with Crippen molar-refractivity contribution < 1.29 is 18.5 Å². The van der Waals surface area contributed by atoms with Crippen LogP contribution in [0, 0.1) is 10.1 Å². The van der Waals surface area contributed by atoms with Gasteiger partial charge >= 0.3 is 7.60 Å². The Labute approximate surface area is 141 Å². The Morgan fingerprint density at radius 3 is 2.21 bits per heavy atom. The third-order valence-corrected chi connectivity index (χ3v) is 6.05. The van der Waals surface area contributed by atoms with Crippen molar-refractivity contribution in [1.29, 1.82) is 0 Å². The van der Waals surface area contributed by atoms with Gasteiger partial charge in [-0.2, -0.15) is 0 Å². The molecule has 7 heteroatoms. The SMILES string of the molecule is CCOP(=O)(Oc1ccc([N+](=O)[O-])cc1)C(CC)c1ccccc1. The first-order chi connectivity index (χ1) is 11.5. The monoisotopic (exact) mass is 349 g/mol. The number of nitrogens with zero attached hydrogens (tertiary/aromatic N) is 1. The minimum atomic E-state index is -3.48. The molecule has 2 aromatic carbocycles. The lowest BCUT2D eigenvalue weighted by molar-refractivity contribution is -0.384. The lowest BCUT2D eigenvalue weighted by Crippen LogP contribution is -2.08. The summed E-state index contributed by atoms with van der Waals surface area (Å²) in [5.74, 6) is 0.284. The van der Waals surface area contributed by atoms with Crippen LogP contribution < -0.4 is 4.52 Å². The molecule has 0 spiro atoms. The van der Waals surface area contributed by atoms with Crippen molar-refractivity contribution in [2.75, 3.05) is 6.61 Å². The minimum Gasteiger partial charge on any atom is -0.424 e. The smallest absolute Gasteiger partial charge is 0.386 e. The number of hydrogen-bond donors (Lipinski definition) is 0. The average Bonchev–Trinajstić information content (AvgIpc) is 2.57. The molecule has 2 unspecified atom stereocenters. The number of non-ortho nitro benzene ring substituents is 1. The van der Waals surface area contributed by atoms with E-state index in [2.05, 4.69) is 0 Å². The van der Waals surface area contributed by atoms with Crippen molar-refractivity contribution in [2.45, 2.75) is 25.9 Å². The van der Waals surface area contributed by atoms with Crippen LogP contribution in [-0.2, 0) is 9.09 Å². The van der Waals surface area contributed by atoms with E-state index in [9.17, 15) is 14.7 Å². The highest BCUT2D eigenvalue weighted by Crippen LogP contribution is 2.61. The summed E-state index contributed by atoms with van der Waals surface area (Å²) < 4.78 is 24.6. The zero-order valence-electron chi connectivity index (χ0n) is 13.6. The maximum absolute atomic E-state index is 13.4. The van der Waals surface area contributed by atoms with Crippen LogP contribution in [0.4, 0.5) is 5.69 Å². The number of nitro benzene ring substituents is 1. The van der Waals surface area contributed by atoms with E-state index in [0.29, 0.717) is 6.42 Å². The van der Waals surface area contributed by atoms with E-state index in [4.69, 9.17) is 9.05 Å². The van der Waals surface area contributed by atoms with Crippen LogP contribution in [0.15, 0.2) is 54.6 Å². The van der Waals surface area contributed by atoms with E-state index >= 15 is 0 Å². The molecule has 24 heavy (non-hydrogen) atoms. The van der Waals surface area contributed by atoms with Crippen molar-refractivity contribution in [3.63, 3.8) is 0 Å². The van der Waals surface area contributed by atoms with Crippen LogP contribution in [0.1, 0.15) is 31.5 Å². The second-order valence-electron chi connectivity index (χ2n) is 5.13. The molecule has 2 atom stereocenters. The Morgan fingerprint density at radius 1 is 1.08 bits per heavy atom. The Bertz CT molecular complexity index is 718. The van der Waals surface area contributed by atoms with Gasteiger partial charge < -0.3 is 4.52 Å². The van der Waals surface area contributed by atoms with Gasteiger partial charge in [0.05, 0.1) is 17.2 Å². The second kappa shape index (κ2) is 8.08. The number of benzene rings is 2. The van der Waals surface area contributed by atoms with Crippen molar-refractivity contribution in [1.82, 2.24) is 0 Å². The Kier molecular flexibility index (Phi) is 6.12. The summed E-state index contributed by atoms with van der Waals surface area (Å²) >= 11 is 0. The van der Waals surface area contributed by atoms with Crippen LogP contribution in [0.5, 0.6) is 5.75 Å².